The number of ether oxygens (including phenoxy) is 2. The van der Waals surface area contributed by atoms with E-state index < -0.39 is 11.9 Å². The zero-order valence-corrected chi connectivity index (χ0v) is 22.3. The van der Waals surface area contributed by atoms with Crippen LogP contribution in [0, 0.1) is 0 Å². The second-order valence-corrected chi connectivity index (χ2v) is 10.1. The van der Waals surface area contributed by atoms with Crippen molar-refractivity contribution < 1.29 is 23.9 Å². The molecule has 1 aliphatic heterocycles. The zero-order valence-electron chi connectivity index (χ0n) is 19.9. The summed E-state index contributed by atoms with van der Waals surface area (Å²) in [6.45, 7) is 0.137. The number of halogens is 2. The average Bonchev–Trinajstić information content (AvgIpc) is 3.17. The van der Waals surface area contributed by atoms with Gasteiger partial charge in [0.05, 0.1) is 29.1 Å². The Morgan fingerprint density at radius 3 is 2.53 bits per heavy atom. The van der Waals surface area contributed by atoms with Gasteiger partial charge in [-0.3, -0.25) is 14.5 Å². The number of nitrogens with zero attached hydrogens (tertiary/aromatic N) is 1. The Labute approximate surface area is 232 Å². The molecule has 5 rings (SSSR count). The maximum atomic E-state index is 13.3. The number of para-hydroxylation sites is 1. The number of hydrogen-bond donors (Lipinski definition) is 0. The van der Waals surface area contributed by atoms with Crippen molar-refractivity contribution in [1.82, 2.24) is 4.90 Å². The Morgan fingerprint density at radius 1 is 0.974 bits per heavy atom. The molecule has 1 heterocycles. The lowest BCUT2D eigenvalue weighted by Gasteiger charge is -2.14. The largest absolute Gasteiger partial charge is 0.493 e. The number of fused-ring (bicyclic) bond motifs is 1. The van der Waals surface area contributed by atoms with Gasteiger partial charge >= 0.3 is 5.97 Å². The summed E-state index contributed by atoms with van der Waals surface area (Å²) in [5.74, 6) is -0.803. The molecule has 9 heteroatoms. The van der Waals surface area contributed by atoms with Gasteiger partial charge in [0.2, 0.25) is 0 Å². The molecule has 0 bridgehead atoms. The zero-order chi connectivity index (χ0) is 26.8. The van der Waals surface area contributed by atoms with Crippen LogP contribution < -0.4 is 9.47 Å². The third kappa shape index (κ3) is 5.13. The van der Waals surface area contributed by atoms with Crippen LogP contribution in [0.15, 0.2) is 83.8 Å². The van der Waals surface area contributed by atoms with Crippen molar-refractivity contribution in [3.63, 3.8) is 0 Å². The van der Waals surface area contributed by atoms with E-state index in [0.29, 0.717) is 10.6 Å². The van der Waals surface area contributed by atoms with Gasteiger partial charge in [0.1, 0.15) is 0 Å². The molecule has 0 aromatic heterocycles. The number of carbonyl (C=O) groups excluding carboxylic acids is 3. The minimum atomic E-state index is -0.727. The molecule has 0 aliphatic carbocycles. The van der Waals surface area contributed by atoms with Crippen molar-refractivity contribution in [3.05, 3.63) is 111 Å². The Morgan fingerprint density at radius 2 is 1.74 bits per heavy atom. The average molecular weight is 564 g/mol. The van der Waals surface area contributed by atoms with E-state index in [1.807, 2.05) is 42.5 Å². The van der Waals surface area contributed by atoms with Crippen LogP contribution in [-0.2, 0) is 11.3 Å². The number of rotatable bonds is 6. The molecule has 190 valence electrons. The molecule has 1 fully saturated rings. The summed E-state index contributed by atoms with van der Waals surface area (Å²) in [6, 6.07) is 23.0. The minimum absolute atomic E-state index is 0.0897. The van der Waals surface area contributed by atoms with Crippen LogP contribution >= 0.6 is 35.0 Å². The van der Waals surface area contributed by atoms with Gasteiger partial charge in [-0.25, -0.2) is 4.79 Å². The number of amides is 2. The monoisotopic (exact) mass is 563 g/mol. The Hall–Kier alpha value is -3.78. The summed E-state index contributed by atoms with van der Waals surface area (Å²) in [5.41, 5.74) is 1.37. The van der Waals surface area contributed by atoms with Gasteiger partial charge in [-0.15, -0.1) is 0 Å². The molecule has 4 aromatic rings. The van der Waals surface area contributed by atoms with Crippen molar-refractivity contribution >= 4 is 68.9 Å². The van der Waals surface area contributed by atoms with Gasteiger partial charge in [0, 0.05) is 10.6 Å². The molecular weight excluding hydrogens is 545 g/mol. The quantitative estimate of drug-likeness (QED) is 0.136. The third-order valence-corrected chi connectivity index (χ3v) is 7.40. The van der Waals surface area contributed by atoms with E-state index in [9.17, 15) is 14.4 Å². The standard InChI is InChI=1S/C29H19Cl2NO5S/c1-36-24-11-5-8-18(26(24)37-28(34)22-13-12-20(30)15-23(22)31)14-25-27(33)32(29(35)38-25)16-19-9-4-7-17-6-2-3-10-21(17)19/h2-15H,16H2,1H3/b25-14-. The van der Waals surface area contributed by atoms with Crippen LogP contribution in [0.4, 0.5) is 4.79 Å². The molecule has 0 spiro atoms. The second kappa shape index (κ2) is 10.9. The Kier molecular flexibility index (Phi) is 7.42. The molecule has 0 N–H and O–H groups in total. The molecule has 0 saturated carbocycles. The lowest BCUT2D eigenvalue weighted by Crippen LogP contribution is -2.27. The molecule has 1 aliphatic rings. The maximum absolute atomic E-state index is 13.3. The summed E-state index contributed by atoms with van der Waals surface area (Å²) in [4.78, 5) is 40.5. The fraction of sp³-hybridized carbons (Fsp3) is 0.0690. The van der Waals surface area contributed by atoms with Crippen LogP contribution in [-0.4, -0.2) is 29.1 Å². The molecule has 4 aromatic carbocycles. The van der Waals surface area contributed by atoms with Crippen LogP contribution in [0.5, 0.6) is 11.5 Å². The summed E-state index contributed by atoms with van der Waals surface area (Å²) in [7, 11) is 1.43. The van der Waals surface area contributed by atoms with E-state index in [4.69, 9.17) is 32.7 Å². The first-order valence-electron chi connectivity index (χ1n) is 11.4. The van der Waals surface area contributed by atoms with Crippen molar-refractivity contribution in [2.75, 3.05) is 7.11 Å². The number of carbonyl (C=O) groups is 3. The fourth-order valence-corrected chi connectivity index (χ4v) is 5.41. The van der Waals surface area contributed by atoms with Crippen LogP contribution in [0.2, 0.25) is 10.0 Å². The molecule has 1 saturated heterocycles. The van der Waals surface area contributed by atoms with Gasteiger partial charge in [-0.2, -0.15) is 0 Å². The topological polar surface area (TPSA) is 72.9 Å². The number of benzene rings is 4. The van der Waals surface area contributed by atoms with E-state index in [-0.39, 0.29) is 38.8 Å². The van der Waals surface area contributed by atoms with Crippen LogP contribution in [0.3, 0.4) is 0 Å². The Balaban J connectivity index is 1.45. The predicted octanol–water partition coefficient (Wildman–Crippen LogP) is 7.61. The summed E-state index contributed by atoms with van der Waals surface area (Å²) < 4.78 is 11.1. The smallest absolute Gasteiger partial charge is 0.345 e. The molecule has 2 amide bonds. The molecule has 0 radical (unpaired) electrons. The van der Waals surface area contributed by atoms with Crippen LogP contribution in [0.1, 0.15) is 21.5 Å². The van der Waals surface area contributed by atoms with Gasteiger partial charge in [-0.05, 0) is 58.4 Å². The summed E-state index contributed by atoms with van der Waals surface area (Å²) >= 11 is 12.9. The SMILES string of the molecule is COc1cccc(/C=C2\SC(=O)N(Cc3cccc4ccccc34)C2=O)c1OC(=O)c1ccc(Cl)cc1Cl. The Bertz CT molecular complexity index is 1630. The minimum Gasteiger partial charge on any atom is -0.493 e. The highest BCUT2D eigenvalue weighted by molar-refractivity contribution is 8.18. The van der Waals surface area contributed by atoms with Crippen molar-refractivity contribution in [2.24, 2.45) is 0 Å². The first kappa shape index (κ1) is 25.9. The van der Waals surface area contributed by atoms with E-state index in [2.05, 4.69) is 0 Å². The molecule has 38 heavy (non-hydrogen) atoms. The lowest BCUT2D eigenvalue weighted by molar-refractivity contribution is -0.123. The number of thioether (sulfide) groups is 1. The second-order valence-electron chi connectivity index (χ2n) is 8.30. The fourth-order valence-electron chi connectivity index (χ4n) is 4.10. The van der Waals surface area contributed by atoms with E-state index >= 15 is 0 Å². The molecule has 6 nitrogen and oxygen atoms in total. The summed E-state index contributed by atoms with van der Waals surface area (Å²) in [6.07, 6.45) is 1.52. The third-order valence-electron chi connectivity index (χ3n) is 5.94. The van der Waals surface area contributed by atoms with Gasteiger partial charge in [0.25, 0.3) is 11.1 Å². The molecule has 0 unspecified atom stereocenters. The van der Waals surface area contributed by atoms with Crippen molar-refractivity contribution in [1.29, 1.82) is 0 Å². The van der Waals surface area contributed by atoms with E-state index in [1.165, 1.54) is 36.3 Å². The van der Waals surface area contributed by atoms with Gasteiger partial charge in [0.15, 0.2) is 11.5 Å². The number of imide groups is 1. The first-order valence-corrected chi connectivity index (χ1v) is 13.0. The highest BCUT2D eigenvalue weighted by Gasteiger charge is 2.35. The van der Waals surface area contributed by atoms with E-state index in [1.54, 1.807) is 18.2 Å². The predicted molar refractivity (Wildman–Crippen MR) is 150 cm³/mol. The lowest BCUT2D eigenvalue weighted by atomic mass is 10.0. The van der Waals surface area contributed by atoms with Gasteiger partial charge in [-0.1, -0.05) is 77.8 Å². The number of esters is 1. The molecular formula is C29H19Cl2NO5S. The summed E-state index contributed by atoms with van der Waals surface area (Å²) in [5, 5.41) is 2.12. The van der Waals surface area contributed by atoms with Crippen LogP contribution in [0.25, 0.3) is 16.8 Å². The highest BCUT2D eigenvalue weighted by Crippen LogP contribution is 2.39. The normalized spacial score (nSPS) is 14.4. The highest BCUT2D eigenvalue weighted by atomic mass is 35.5. The molecule has 0 atom stereocenters. The maximum Gasteiger partial charge on any atom is 0.345 e. The van der Waals surface area contributed by atoms with Gasteiger partial charge < -0.3 is 9.47 Å². The number of hydrogen-bond acceptors (Lipinski definition) is 6. The van der Waals surface area contributed by atoms with Crippen molar-refractivity contribution in [2.45, 2.75) is 6.54 Å². The van der Waals surface area contributed by atoms with E-state index in [0.717, 1.165) is 28.1 Å². The van der Waals surface area contributed by atoms with Crippen molar-refractivity contribution in [3.8, 4) is 11.5 Å². The number of methoxy groups -OCH3 is 1. The first-order chi connectivity index (χ1) is 18.4.